The van der Waals surface area contributed by atoms with Gasteiger partial charge in [-0.1, -0.05) is 23.7 Å². The van der Waals surface area contributed by atoms with Gasteiger partial charge in [-0.05, 0) is 55.3 Å². The zero-order chi connectivity index (χ0) is 19.7. The number of nitrogens with one attached hydrogen (secondary N) is 1. The Hall–Kier alpha value is -3.19. The summed E-state index contributed by atoms with van der Waals surface area (Å²) in [5, 5.41) is 7.18. The van der Waals surface area contributed by atoms with Crippen LogP contribution in [0.3, 0.4) is 0 Å². The highest BCUT2D eigenvalue weighted by Gasteiger charge is 2.19. The highest BCUT2D eigenvalue weighted by atomic mass is 35.5. The van der Waals surface area contributed by atoms with E-state index >= 15 is 0 Å². The molecular weight excluding hydrogens is 368 g/mol. The number of anilines is 1. The lowest BCUT2D eigenvalue weighted by molar-refractivity contribution is 0.101. The second-order valence-electron chi connectivity index (χ2n) is 6.16. The number of rotatable bonds is 3. The molecule has 2 aromatic carbocycles. The fraction of sp³-hybridized carbons (Fsp3) is 0.158. The normalized spacial score (nSPS) is 10.7. The van der Waals surface area contributed by atoms with E-state index in [0.717, 1.165) is 20.4 Å². The Labute approximate surface area is 159 Å². The molecule has 0 unspecified atom stereocenters. The summed E-state index contributed by atoms with van der Waals surface area (Å²) in [5.41, 5.74) is 0.958. The summed E-state index contributed by atoms with van der Waals surface area (Å²) >= 11 is 5.87. The maximum absolute atomic E-state index is 12.7. The zero-order valence-electron chi connectivity index (χ0n) is 15.0. The van der Waals surface area contributed by atoms with Crippen LogP contribution in [0.15, 0.2) is 52.1 Å². The molecule has 8 heteroatoms. The Morgan fingerprint density at radius 1 is 1.07 bits per heavy atom. The molecule has 0 radical (unpaired) electrons. The van der Waals surface area contributed by atoms with Crippen molar-refractivity contribution in [2.45, 2.75) is 13.8 Å². The number of amides is 1. The SMILES string of the molecule is Cc1ccc(C)c(NC(=O)c2nn(-c3ccc(Cl)cc3)c(=O)n(C)c2=O)c1. The van der Waals surface area contributed by atoms with E-state index in [1.165, 1.54) is 7.05 Å². The number of hydrogen-bond acceptors (Lipinski definition) is 4. The molecule has 0 aliphatic carbocycles. The van der Waals surface area contributed by atoms with Gasteiger partial charge in [0, 0.05) is 17.8 Å². The molecule has 0 aliphatic heterocycles. The van der Waals surface area contributed by atoms with Gasteiger partial charge in [-0.3, -0.25) is 14.2 Å². The molecule has 3 aromatic rings. The molecule has 7 nitrogen and oxygen atoms in total. The highest BCUT2D eigenvalue weighted by molar-refractivity contribution is 6.30. The van der Waals surface area contributed by atoms with Crippen LogP contribution in [0.4, 0.5) is 5.69 Å². The van der Waals surface area contributed by atoms with Crippen LogP contribution >= 0.6 is 11.6 Å². The van der Waals surface area contributed by atoms with Gasteiger partial charge in [-0.2, -0.15) is 9.78 Å². The fourth-order valence-corrected chi connectivity index (χ4v) is 2.64. The molecule has 3 rings (SSSR count). The van der Waals surface area contributed by atoms with E-state index in [0.29, 0.717) is 16.4 Å². The molecular formula is C19H17ClN4O3. The Morgan fingerprint density at radius 2 is 1.74 bits per heavy atom. The summed E-state index contributed by atoms with van der Waals surface area (Å²) in [6.07, 6.45) is 0. The third-order valence-electron chi connectivity index (χ3n) is 4.10. The summed E-state index contributed by atoms with van der Waals surface area (Å²) < 4.78 is 1.84. The van der Waals surface area contributed by atoms with Crippen LogP contribution in [-0.4, -0.2) is 20.3 Å². The van der Waals surface area contributed by atoms with Gasteiger partial charge in [-0.15, -0.1) is 0 Å². The largest absolute Gasteiger partial charge is 0.351 e. The van der Waals surface area contributed by atoms with E-state index < -0.39 is 17.2 Å². The minimum absolute atomic E-state index is 0.382. The molecule has 0 spiro atoms. The summed E-state index contributed by atoms with van der Waals surface area (Å²) in [6.45, 7) is 3.74. The van der Waals surface area contributed by atoms with Crippen LogP contribution in [0.2, 0.25) is 5.02 Å². The number of benzene rings is 2. The molecule has 0 fully saturated rings. The minimum atomic E-state index is -0.770. The quantitative estimate of drug-likeness (QED) is 0.751. The number of halogens is 1. The lowest BCUT2D eigenvalue weighted by atomic mass is 10.1. The summed E-state index contributed by atoms with van der Waals surface area (Å²) in [6, 6.07) is 11.9. The van der Waals surface area contributed by atoms with Crippen molar-refractivity contribution in [2.24, 2.45) is 7.05 Å². The fourth-order valence-electron chi connectivity index (χ4n) is 2.52. The van der Waals surface area contributed by atoms with Gasteiger partial charge in [0.1, 0.15) is 0 Å². The first-order valence-corrected chi connectivity index (χ1v) is 8.50. The predicted molar refractivity (Wildman–Crippen MR) is 104 cm³/mol. The van der Waals surface area contributed by atoms with Gasteiger partial charge in [-0.25, -0.2) is 4.79 Å². The molecule has 0 saturated carbocycles. The van der Waals surface area contributed by atoms with E-state index in [4.69, 9.17) is 11.6 Å². The first kappa shape index (κ1) is 18.6. The highest BCUT2D eigenvalue weighted by Crippen LogP contribution is 2.17. The van der Waals surface area contributed by atoms with Crippen molar-refractivity contribution < 1.29 is 4.79 Å². The molecule has 0 atom stereocenters. The Kier molecular flexibility index (Phi) is 4.96. The van der Waals surface area contributed by atoms with Crippen molar-refractivity contribution in [3.63, 3.8) is 0 Å². The number of hydrogen-bond donors (Lipinski definition) is 1. The first-order valence-electron chi connectivity index (χ1n) is 8.13. The number of aryl methyl sites for hydroxylation is 2. The number of carbonyl (C=O) groups is 1. The van der Waals surface area contributed by atoms with Crippen molar-refractivity contribution in [3.8, 4) is 5.69 Å². The van der Waals surface area contributed by atoms with Crippen LogP contribution in [0.5, 0.6) is 0 Å². The Morgan fingerprint density at radius 3 is 2.41 bits per heavy atom. The van der Waals surface area contributed by atoms with Crippen LogP contribution in [0.25, 0.3) is 5.69 Å². The van der Waals surface area contributed by atoms with Crippen LogP contribution in [-0.2, 0) is 7.05 Å². The summed E-state index contributed by atoms with van der Waals surface area (Å²) in [5.74, 6) is -0.688. The summed E-state index contributed by atoms with van der Waals surface area (Å²) in [7, 11) is 1.30. The molecule has 1 aromatic heterocycles. The average Bonchev–Trinajstić information content (AvgIpc) is 2.64. The molecule has 138 valence electrons. The average molecular weight is 385 g/mol. The van der Waals surface area contributed by atoms with E-state index in [2.05, 4.69) is 10.4 Å². The molecule has 27 heavy (non-hydrogen) atoms. The van der Waals surface area contributed by atoms with E-state index in [1.54, 1.807) is 30.3 Å². The van der Waals surface area contributed by atoms with Crippen LogP contribution in [0, 0.1) is 13.8 Å². The summed E-state index contributed by atoms with van der Waals surface area (Å²) in [4.78, 5) is 37.5. The monoisotopic (exact) mass is 384 g/mol. The third-order valence-corrected chi connectivity index (χ3v) is 4.35. The minimum Gasteiger partial charge on any atom is -0.320 e. The molecule has 1 N–H and O–H groups in total. The van der Waals surface area contributed by atoms with Crippen LogP contribution in [0.1, 0.15) is 21.6 Å². The standard InChI is InChI=1S/C19H17ClN4O3/c1-11-4-5-12(2)15(10-11)21-17(25)16-18(26)23(3)19(27)24(22-16)14-8-6-13(20)7-9-14/h4-10H,1-3H3,(H,21,25). The number of nitrogens with zero attached hydrogens (tertiary/aromatic N) is 3. The zero-order valence-corrected chi connectivity index (χ0v) is 15.7. The number of carbonyl (C=O) groups excluding carboxylic acids is 1. The second-order valence-corrected chi connectivity index (χ2v) is 6.59. The van der Waals surface area contributed by atoms with Crippen molar-refractivity contribution in [1.29, 1.82) is 0 Å². The number of aromatic nitrogens is 3. The van der Waals surface area contributed by atoms with Gasteiger partial charge in [0.05, 0.1) is 5.69 Å². The van der Waals surface area contributed by atoms with E-state index in [9.17, 15) is 14.4 Å². The maximum atomic E-state index is 12.7. The third kappa shape index (κ3) is 3.68. The van der Waals surface area contributed by atoms with Crippen molar-refractivity contribution in [2.75, 3.05) is 5.32 Å². The molecule has 0 bridgehead atoms. The van der Waals surface area contributed by atoms with Gasteiger partial charge in [0.15, 0.2) is 0 Å². The molecule has 0 aliphatic rings. The van der Waals surface area contributed by atoms with E-state index in [-0.39, 0.29) is 5.69 Å². The van der Waals surface area contributed by atoms with Crippen molar-refractivity contribution in [3.05, 3.63) is 85.1 Å². The lowest BCUT2D eigenvalue weighted by Crippen LogP contribution is -2.43. The van der Waals surface area contributed by atoms with Gasteiger partial charge < -0.3 is 5.32 Å². The maximum Gasteiger partial charge on any atom is 0.351 e. The Bertz CT molecular complexity index is 1150. The van der Waals surface area contributed by atoms with E-state index in [1.807, 2.05) is 26.0 Å². The van der Waals surface area contributed by atoms with Gasteiger partial charge in [0.25, 0.3) is 11.5 Å². The Balaban J connectivity index is 2.08. The lowest BCUT2D eigenvalue weighted by Gasteiger charge is -2.11. The first-order chi connectivity index (χ1) is 12.8. The second kappa shape index (κ2) is 7.20. The molecule has 0 saturated heterocycles. The van der Waals surface area contributed by atoms with Crippen molar-refractivity contribution in [1.82, 2.24) is 14.3 Å². The molecule has 1 heterocycles. The molecule has 1 amide bonds. The topological polar surface area (TPSA) is 86.0 Å². The van der Waals surface area contributed by atoms with Gasteiger partial charge in [0.2, 0.25) is 5.69 Å². The van der Waals surface area contributed by atoms with Crippen molar-refractivity contribution >= 4 is 23.2 Å². The smallest absolute Gasteiger partial charge is 0.320 e. The van der Waals surface area contributed by atoms with Gasteiger partial charge >= 0.3 is 5.69 Å². The predicted octanol–water partition coefficient (Wildman–Crippen LogP) is 2.45. The van der Waals surface area contributed by atoms with Crippen LogP contribution < -0.4 is 16.6 Å².